The number of benzene rings is 1. The van der Waals surface area contributed by atoms with Crippen molar-refractivity contribution < 1.29 is 4.79 Å². The molecular weight excluding hydrogens is 427 g/mol. The number of hydrogen-bond donors (Lipinski definition) is 3. The van der Waals surface area contributed by atoms with E-state index in [0.717, 1.165) is 17.9 Å². The summed E-state index contributed by atoms with van der Waals surface area (Å²) in [6, 6.07) is 7.97. The molecule has 6 heteroatoms. The highest BCUT2D eigenvalue weighted by molar-refractivity contribution is 14.0. The van der Waals surface area contributed by atoms with Crippen LogP contribution in [-0.2, 0) is 0 Å². The van der Waals surface area contributed by atoms with E-state index in [0.29, 0.717) is 30.6 Å². The van der Waals surface area contributed by atoms with Crippen LogP contribution >= 0.6 is 24.0 Å². The first-order valence-corrected chi connectivity index (χ1v) is 8.74. The van der Waals surface area contributed by atoms with Crippen molar-refractivity contribution >= 4 is 35.8 Å². The van der Waals surface area contributed by atoms with Gasteiger partial charge >= 0.3 is 0 Å². The topological polar surface area (TPSA) is 65.5 Å². The maximum atomic E-state index is 12.1. The number of carbonyl (C=O) groups is 1. The third-order valence-electron chi connectivity index (χ3n) is 3.77. The van der Waals surface area contributed by atoms with Gasteiger partial charge in [-0.2, -0.15) is 0 Å². The molecule has 0 saturated heterocycles. The number of halogens is 1. The van der Waals surface area contributed by atoms with Crippen molar-refractivity contribution in [3.8, 4) is 0 Å². The lowest BCUT2D eigenvalue weighted by Crippen LogP contribution is -2.44. The number of carbonyl (C=O) groups excluding carboxylic acids is 1. The summed E-state index contributed by atoms with van der Waals surface area (Å²) in [6.07, 6.45) is 2.31. The molecule has 0 fully saturated rings. The summed E-state index contributed by atoms with van der Waals surface area (Å²) in [5, 5.41) is 9.52. The minimum absolute atomic E-state index is 0. The van der Waals surface area contributed by atoms with E-state index in [9.17, 15) is 4.79 Å². The lowest BCUT2D eigenvalue weighted by molar-refractivity contribution is 0.0954. The Bertz CT molecular complexity index is 546. The van der Waals surface area contributed by atoms with Crippen LogP contribution in [0.25, 0.3) is 0 Å². The van der Waals surface area contributed by atoms with Crippen LogP contribution in [0, 0.1) is 12.8 Å². The lowest BCUT2D eigenvalue weighted by atomic mass is 10.0. The zero-order chi connectivity index (χ0) is 17.9. The summed E-state index contributed by atoms with van der Waals surface area (Å²) in [4.78, 5) is 16.3. The fourth-order valence-corrected chi connectivity index (χ4v) is 2.33. The van der Waals surface area contributed by atoms with Crippen molar-refractivity contribution in [2.75, 3.05) is 20.1 Å². The Labute approximate surface area is 169 Å². The van der Waals surface area contributed by atoms with Crippen LogP contribution in [0.3, 0.4) is 0 Å². The maximum Gasteiger partial charge on any atom is 0.251 e. The molecule has 0 bridgehead atoms. The molecule has 25 heavy (non-hydrogen) atoms. The number of amides is 1. The van der Waals surface area contributed by atoms with Crippen LogP contribution in [0.4, 0.5) is 0 Å². The van der Waals surface area contributed by atoms with Gasteiger partial charge in [-0.15, -0.1) is 24.0 Å². The fraction of sp³-hybridized carbons (Fsp3) is 0.579. The second-order valence-corrected chi connectivity index (χ2v) is 6.64. The molecule has 0 spiro atoms. The quantitative estimate of drug-likeness (QED) is 0.241. The van der Waals surface area contributed by atoms with Crippen molar-refractivity contribution in [2.45, 2.75) is 46.6 Å². The summed E-state index contributed by atoms with van der Waals surface area (Å²) in [7, 11) is 1.76. The van der Waals surface area contributed by atoms with Crippen LogP contribution in [0.2, 0.25) is 0 Å². The molecule has 1 amide bonds. The Morgan fingerprint density at radius 3 is 2.40 bits per heavy atom. The van der Waals surface area contributed by atoms with Crippen molar-refractivity contribution in [1.29, 1.82) is 0 Å². The van der Waals surface area contributed by atoms with Gasteiger partial charge in [0.15, 0.2) is 5.96 Å². The Morgan fingerprint density at radius 2 is 1.80 bits per heavy atom. The highest BCUT2D eigenvalue weighted by Crippen LogP contribution is 2.06. The number of hydrogen-bond acceptors (Lipinski definition) is 2. The molecular formula is C19H33IN4O. The zero-order valence-corrected chi connectivity index (χ0v) is 18.4. The van der Waals surface area contributed by atoms with Gasteiger partial charge in [-0.3, -0.25) is 9.79 Å². The van der Waals surface area contributed by atoms with Crippen LogP contribution in [0.1, 0.15) is 49.5 Å². The first kappa shape index (κ1) is 23.7. The van der Waals surface area contributed by atoms with Gasteiger partial charge in [-0.25, -0.2) is 0 Å². The maximum absolute atomic E-state index is 12.1. The van der Waals surface area contributed by atoms with E-state index in [2.05, 4.69) is 41.7 Å². The van der Waals surface area contributed by atoms with Crippen LogP contribution in [-0.4, -0.2) is 38.0 Å². The number of guanidine groups is 1. The number of nitrogens with one attached hydrogen (secondary N) is 3. The molecule has 1 unspecified atom stereocenters. The average Bonchev–Trinajstić information content (AvgIpc) is 2.55. The standard InChI is InChI=1S/C19H32N4O.HI/c1-14(2)9-10-16(4)23-19(20-5)22-12-11-21-18(24)17-8-6-7-15(3)13-17;/h6-8,13-14,16H,9-12H2,1-5H3,(H,21,24)(H2,20,22,23);1H. The molecule has 0 saturated carbocycles. The Kier molecular flexibility index (Phi) is 12.3. The van der Waals surface area contributed by atoms with E-state index in [-0.39, 0.29) is 29.9 Å². The number of aryl methyl sites for hydroxylation is 1. The molecule has 0 aliphatic heterocycles. The van der Waals surface area contributed by atoms with Crippen molar-refractivity contribution in [2.24, 2.45) is 10.9 Å². The van der Waals surface area contributed by atoms with E-state index >= 15 is 0 Å². The van der Waals surface area contributed by atoms with Crippen molar-refractivity contribution in [3.63, 3.8) is 0 Å². The smallest absolute Gasteiger partial charge is 0.251 e. The third-order valence-corrected chi connectivity index (χ3v) is 3.77. The molecule has 0 aromatic heterocycles. The van der Waals surface area contributed by atoms with Gasteiger partial charge < -0.3 is 16.0 Å². The van der Waals surface area contributed by atoms with Crippen molar-refractivity contribution in [1.82, 2.24) is 16.0 Å². The monoisotopic (exact) mass is 460 g/mol. The molecule has 0 aliphatic rings. The summed E-state index contributed by atoms with van der Waals surface area (Å²) in [5.74, 6) is 1.44. The van der Waals surface area contributed by atoms with Gasteiger partial charge in [0.2, 0.25) is 0 Å². The van der Waals surface area contributed by atoms with Gasteiger partial charge in [0.1, 0.15) is 0 Å². The largest absolute Gasteiger partial charge is 0.355 e. The first-order chi connectivity index (χ1) is 11.4. The van der Waals surface area contributed by atoms with Crippen molar-refractivity contribution in [3.05, 3.63) is 35.4 Å². The summed E-state index contributed by atoms with van der Waals surface area (Å²) in [6.45, 7) is 9.79. The summed E-state index contributed by atoms with van der Waals surface area (Å²) >= 11 is 0. The molecule has 1 aromatic rings. The SMILES string of the molecule is CN=C(NCCNC(=O)c1cccc(C)c1)NC(C)CCC(C)C.I. The molecule has 1 aromatic carbocycles. The summed E-state index contributed by atoms with van der Waals surface area (Å²) in [5.41, 5.74) is 1.78. The van der Waals surface area contributed by atoms with Gasteiger partial charge in [0, 0.05) is 31.7 Å². The van der Waals surface area contributed by atoms with E-state index in [1.54, 1.807) is 7.05 Å². The van der Waals surface area contributed by atoms with Crippen LogP contribution in [0.15, 0.2) is 29.3 Å². The summed E-state index contributed by atoms with van der Waals surface area (Å²) < 4.78 is 0. The predicted molar refractivity (Wildman–Crippen MR) is 117 cm³/mol. The molecule has 1 rings (SSSR count). The number of nitrogens with zero attached hydrogens (tertiary/aromatic N) is 1. The molecule has 0 heterocycles. The molecule has 3 N–H and O–H groups in total. The minimum Gasteiger partial charge on any atom is -0.355 e. The fourth-order valence-electron chi connectivity index (χ4n) is 2.33. The van der Waals surface area contributed by atoms with E-state index in [1.165, 1.54) is 6.42 Å². The van der Waals surface area contributed by atoms with Crippen LogP contribution < -0.4 is 16.0 Å². The molecule has 0 aliphatic carbocycles. The molecule has 0 radical (unpaired) electrons. The predicted octanol–water partition coefficient (Wildman–Crippen LogP) is 3.33. The van der Waals surface area contributed by atoms with E-state index in [1.807, 2.05) is 31.2 Å². The molecule has 1 atom stereocenters. The second kappa shape index (κ2) is 13.0. The lowest BCUT2D eigenvalue weighted by Gasteiger charge is -2.18. The molecule has 142 valence electrons. The van der Waals surface area contributed by atoms with E-state index in [4.69, 9.17) is 0 Å². The minimum atomic E-state index is -0.0475. The Balaban J connectivity index is 0.00000576. The first-order valence-electron chi connectivity index (χ1n) is 8.74. The third kappa shape index (κ3) is 10.3. The Morgan fingerprint density at radius 1 is 1.12 bits per heavy atom. The number of aliphatic imine (C=N–C) groups is 1. The van der Waals surface area contributed by atoms with E-state index < -0.39 is 0 Å². The highest BCUT2D eigenvalue weighted by Gasteiger charge is 2.07. The number of rotatable bonds is 8. The van der Waals surface area contributed by atoms with Gasteiger partial charge in [-0.1, -0.05) is 31.5 Å². The van der Waals surface area contributed by atoms with Crippen LogP contribution in [0.5, 0.6) is 0 Å². The second-order valence-electron chi connectivity index (χ2n) is 6.64. The van der Waals surface area contributed by atoms with Gasteiger partial charge in [0.25, 0.3) is 5.91 Å². The average molecular weight is 460 g/mol. The van der Waals surface area contributed by atoms with Gasteiger partial charge in [-0.05, 0) is 44.7 Å². The highest BCUT2D eigenvalue weighted by atomic mass is 127. The van der Waals surface area contributed by atoms with Gasteiger partial charge in [0.05, 0.1) is 0 Å². The Hall–Kier alpha value is -1.31. The molecule has 5 nitrogen and oxygen atoms in total. The normalized spacial score (nSPS) is 12.3. The zero-order valence-electron chi connectivity index (χ0n) is 16.1.